The molecule has 1 aromatic heterocycles. The molecule has 0 bridgehead atoms. The zero-order valence-electron chi connectivity index (χ0n) is 11.8. The molecular weight excluding hydrogens is 278 g/mol. The maximum atomic E-state index is 12.2. The molecule has 112 valence electrons. The van der Waals surface area contributed by atoms with Gasteiger partial charge in [-0.3, -0.25) is 4.79 Å². The summed E-state index contributed by atoms with van der Waals surface area (Å²) in [5.41, 5.74) is 0.365. The summed E-state index contributed by atoms with van der Waals surface area (Å²) in [6.45, 7) is 0. The molecule has 1 aliphatic carbocycles. The zero-order chi connectivity index (χ0) is 14.8. The molecule has 6 nitrogen and oxygen atoms in total. The molecule has 1 saturated carbocycles. The molecular formula is C13H21N3O3S. The fourth-order valence-corrected chi connectivity index (χ4v) is 3.33. The third kappa shape index (κ3) is 3.21. The first-order valence-corrected chi connectivity index (χ1v) is 8.33. The summed E-state index contributed by atoms with van der Waals surface area (Å²) >= 11 is 0. The van der Waals surface area contributed by atoms with Crippen molar-refractivity contribution in [1.82, 2.24) is 14.6 Å². The normalized spacial score (nSPS) is 17.1. The molecule has 2 N–H and O–H groups in total. The van der Waals surface area contributed by atoms with Crippen LogP contribution in [0.1, 0.15) is 42.6 Å². The van der Waals surface area contributed by atoms with Crippen LogP contribution in [0.2, 0.25) is 0 Å². The third-order valence-corrected chi connectivity index (χ3v) is 5.11. The van der Waals surface area contributed by atoms with E-state index in [4.69, 9.17) is 0 Å². The average molecular weight is 299 g/mol. The van der Waals surface area contributed by atoms with Crippen molar-refractivity contribution in [2.24, 2.45) is 7.05 Å². The number of hydrogen-bond donors (Lipinski definition) is 2. The predicted octanol–water partition coefficient (Wildman–Crippen LogP) is 0.996. The second-order valence-corrected chi connectivity index (χ2v) is 7.07. The van der Waals surface area contributed by atoms with Crippen molar-refractivity contribution >= 4 is 15.9 Å². The van der Waals surface area contributed by atoms with Crippen LogP contribution < -0.4 is 10.0 Å². The second-order valence-electron chi connectivity index (χ2n) is 5.19. The molecule has 7 heteroatoms. The summed E-state index contributed by atoms with van der Waals surface area (Å²) in [5, 5.41) is 2.98. The van der Waals surface area contributed by atoms with E-state index in [2.05, 4.69) is 10.0 Å². The van der Waals surface area contributed by atoms with Crippen molar-refractivity contribution in [2.75, 3.05) is 7.05 Å². The SMILES string of the molecule is CNS(=O)(=O)c1cc(C(=O)NC2CCCCC2)n(C)c1. The van der Waals surface area contributed by atoms with Gasteiger partial charge in [-0.25, -0.2) is 13.1 Å². The van der Waals surface area contributed by atoms with Crippen LogP contribution >= 0.6 is 0 Å². The quantitative estimate of drug-likeness (QED) is 0.870. The highest BCUT2D eigenvalue weighted by atomic mass is 32.2. The van der Waals surface area contributed by atoms with E-state index in [1.807, 2.05) is 0 Å². The Morgan fingerprint density at radius 3 is 2.55 bits per heavy atom. The van der Waals surface area contributed by atoms with Gasteiger partial charge in [0.25, 0.3) is 5.91 Å². The molecule has 1 amide bonds. The summed E-state index contributed by atoms with van der Waals surface area (Å²) in [6, 6.07) is 1.61. The first-order chi connectivity index (χ1) is 9.44. The van der Waals surface area contributed by atoms with Gasteiger partial charge in [0, 0.05) is 19.3 Å². The largest absolute Gasteiger partial charge is 0.348 e. The van der Waals surface area contributed by atoms with Crippen LogP contribution in [-0.2, 0) is 17.1 Å². The van der Waals surface area contributed by atoms with Crippen molar-refractivity contribution in [1.29, 1.82) is 0 Å². The second kappa shape index (κ2) is 5.97. The summed E-state index contributed by atoms with van der Waals surface area (Å²) in [4.78, 5) is 12.3. The van der Waals surface area contributed by atoms with Crippen LogP contribution in [0.3, 0.4) is 0 Å². The number of amides is 1. The monoisotopic (exact) mass is 299 g/mol. The Kier molecular flexibility index (Phi) is 4.49. The summed E-state index contributed by atoms with van der Waals surface area (Å²) in [7, 11) is -0.495. The standard InChI is InChI=1S/C13H21N3O3S/c1-14-20(18,19)11-8-12(16(2)9-11)13(17)15-10-6-4-3-5-7-10/h8-10,14H,3-7H2,1-2H3,(H,15,17). The topological polar surface area (TPSA) is 80.2 Å². The summed E-state index contributed by atoms with van der Waals surface area (Å²) < 4.78 is 27.2. The maximum Gasteiger partial charge on any atom is 0.268 e. The Labute approximate surface area is 119 Å². The number of nitrogens with zero attached hydrogens (tertiary/aromatic N) is 1. The fourth-order valence-electron chi connectivity index (χ4n) is 2.53. The molecule has 1 fully saturated rings. The van der Waals surface area contributed by atoms with Crippen LogP contribution in [0.25, 0.3) is 0 Å². The number of nitrogens with one attached hydrogen (secondary N) is 2. The summed E-state index contributed by atoms with van der Waals surface area (Å²) in [6.07, 6.45) is 6.94. The van der Waals surface area contributed by atoms with Crippen LogP contribution in [-0.4, -0.2) is 32.0 Å². The minimum atomic E-state index is -3.52. The van der Waals surface area contributed by atoms with Crippen molar-refractivity contribution in [2.45, 2.75) is 43.0 Å². The molecule has 0 unspecified atom stereocenters. The van der Waals surface area contributed by atoms with E-state index in [1.54, 1.807) is 11.6 Å². The lowest BCUT2D eigenvalue weighted by atomic mass is 9.95. The van der Waals surface area contributed by atoms with Gasteiger partial charge < -0.3 is 9.88 Å². The van der Waals surface area contributed by atoms with E-state index in [0.717, 1.165) is 25.7 Å². The van der Waals surface area contributed by atoms with Gasteiger partial charge in [0.1, 0.15) is 10.6 Å². The van der Waals surface area contributed by atoms with Gasteiger partial charge in [-0.05, 0) is 26.0 Å². The van der Waals surface area contributed by atoms with Crippen molar-refractivity contribution in [3.05, 3.63) is 18.0 Å². The first-order valence-electron chi connectivity index (χ1n) is 6.85. The number of sulfonamides is 1. The van der Waals surface area contributed by atoms with Gasteiger partial charge in [0.15, 0.2) is 0 Å². The molecule has 2 rings (SSSR count). The number of aryl methyl sites for hydroxylation is 1. The molecule has 0 saturated heterocycles. The number of rotatable bonds is 4. The molecule has 0 spiro atoms. The minimum Gasteiger partial charge on any atom is -0.348 e. The highest BCUT2D eigenvalue weighted by molar-refractivity contribution is 7.89. The first kappa shape index (κ1) is 15.1. The van der Waals surface area contributed by atoms with E-state index < -0.39 is 10.0 Å². The van der Waals surface area contributed by atoms with Gasteiger partial charge >= 0.3 is 0 Å². The lowest BCUT2D eigenvalue weighted by Gasteiger charge is -2.22. The Morgan fingerprint density at radius 1 is 1.30 bits per heavy atom. The minimum absolute atomic E-state index is 0.108. The molecule has 0 aliphatic heterocycles. The number of carbonyl (C=O) groups excluding carboxylic acids is 1. The van der Waals surface area contributed by atoms with Crippen LogP contribution in [0.5, 0.6) is 0 Å². The maximum absolute atomic E-state index is 12.2. The van der Waals surface area contributed by atoms with Gasteiger partial charge in [-0.2, -0.15) is 0 Å². The number of hydrogen-bond acceptors (Lipinski definition) is 3. The van der Waals surface area contributed by atoms with Gasteiger partial charge in [-0.1, -0.05) is 19.3 Å². The Balaban J connectivity index is 2.14. The van der Waals surface area contributed by atoms with E-state index in [-0.39, 0.29) is 16.8 Å². The zero-order valence-corrected chi connectivity index (χ0v) is 12.7. The van der Waals surface area contributed by atoms with E-state index in [0.29, 0.717) is 5.69 Å². The Morgan fingerprint density at radius 2 is 1.95 bits per heavy atom. The lowest BCUT2D eigenvalue weighted by molar-refractivity contribution is 0.0919. The molecule has 1 aromatic rings. The summed E-state index contributed by atoms with van der Waals surface area (Å²) in [5.74, 6) is -0.211. The Bertz CT molecular complexity index is 586. The van der Waals surface area contributed by atoms with Gasteiger partial charge in [-0.15, -0.1) is 0 Å². The Hall–Kier alpha value is -1.34. The highest BCUT2D eigenvalue weighted by Gasteiger charge is 2.21. The van der Waals surface area contributed by atoms with E-state index in [1.165, 1.54) is 25.7 Å². The van der Waals surface area contributed by atoms with Gasteiger partial charge in [0.05, 0.1) is 0 Å². The number of carbonyl (C=O) groups is 1. The molecule has 20 heavy (non-hydrogen) atoms. The van der Waals surface area contributed by atoms with Crippen molar-refractivity contribution < 1.29 is 13.2 Å². The highest BCUT2D eigenvalue weighted by Crippen LogP contribution is 2.19. The van der Waals surface area contributed by atoms with Crippen molar-refractivity contribution in [3.8, 4) is 0 Å². The van der Waals surface area contributed by atoms with Crippen LogP contribution in [0, 0.1) is 0 Å². The van der Waals surface area contributed by atoms with E-state index in [9.17, 15) is 13.2 Å². The molecule has 0 atom stereocenters. The molecule has 1 heterocycles. The molecule has 1 aliphatic rings. The lowest BCUT2D eigenvalue weighted by Crippen LogP contribution is -2.36. The van der Waals surface area contributed by atoms with Crippen LogP contribution in [0.15, 0.2) is 17.2 Å². The number of aromatic nitrogens is 1. The van der Waals surface area contributed by atoms with E-state index >= 15 is 0 Å². The van der Waals surface area contributed by atoms with Crippen LogP contribution in [0.4, 0.5) is 0 Å². The van der Waals surface area contributed by atoms with Crippen molar-refractivity contribution in [3.63, 3.8) is 0 Å². The smallest absolute Gasteiger partial charge is 0.268 e. The average Bonchev–Trinajstić information content (AvgIpc) is 2.83. The van der Waals surface area contributed by atoms with Gasteiger partial charge in [0.2, 0.25) is 10.0 Å². The predicted molar refractivity (Wildman–Crippen MR) is 76.0 cm³/mol. The molecule has 0 radical (unpaired) electrons. The molecule has 0 aromatic carbocycles. The fraction of sp³-hybridized carbons (Fsp3) is 0.615. The third-order valence-electron chi connectivity index (χ3n) is 3.73.